The first-order valence-electron chi connectivity index (χ1n) is 8.18. The van der Waals surface area contributed by atoms with Crippen LogP contribution in [0.2, 0.25) is 0 Å². The lowest BCUT2D eigenvalue weighted by Gasteiger charge is -2.37. The van der Waals surface area contributed by atoms with Crippen molar-refractivity contribution in [3.8, 4) is 11.5 Å². The Morgan fingerprint density at radius 2 is 1.80 bits per heavy atom. The third-order valence-corrected chi connectivity index (χ3v) is 5.93. The maximum atomic E-state index is 12.7. The van der Waals surface area contributed by atoms with Gasteiger partial charge in [0.15, 0.2) is 11.5 Å². The predicted octanol–water partition coefficient (Wildman–Crippen LogP) is 2.69. The summed E-state index contributed by atoms with van der Waals surface area (Å²) in [5.41, 5.74) is 0.609. The second kappa shape index (κ2) is 5.98. The molecule has 1 aromatic carbocycles. The van der Waals surface area contributed by atoms with Crippen LogP contribution in [0, 0.1) is 23.7 Å². The molecule has 3 aliphatic carbocycles. The molecule has 5 rings (SSSR count). The third kappa shape index (κ3) is 2.49. The minimum atomic E-state index is -0.269. The first kappa shape index (κ1) is 16.3. The highest BCUT2D eigenvalue weighted by molar-refractivity contribution is 9.10. The molecule has 2 amide bonds. The van der Waals surface area contributed by atoms with Crippen molar-refractivity contribution in [1.82, 2.24) is 5.01 Å². The zero-order valence-electron chi connectivity index (χ0n) is 13.6. The molecule has 1 aliphatic heterocycles. The maximum Gasteiger partial charge on any atom is 0.254 e. The van der Waals surface area contributed by atoms with Gasteiger partial charge in [-0.3, -0.25) is 9.59 Å². The topological polar surface area (TPSA) is 79.2 Å². The van der Waals surface area contributed by atoms with Gasteiger partial charge < -0.3 is 9.84 Å². The number of phenols is 1. The molecule has 7 heteroatoms. The fraction of sp³-hybridized carbons (Fsp3) is 0.389. The molecule has 1 N–H and O–H groups in total. The van der Waals surface area contributed by atoms with E-state index in [0.717, 1.165) is 17.9 Å². The normalized spacial score (nSPS) is 30.4. The van der Waals surface area contributed by atoms with Crippen molar-refractivity contribution in [1.29, 1.82) is 0 Å². The standard InChI is InChI=1S/C18H17BrN2O4/c1-25-13-7-9(6-12(19)16(13)22)8-20-21-17(23)14-10-2-3-11(5-4-10)15(14)18(21)24/h2-3,6-8,10-11,14-15,22H,4-5H2,1H3/b20-8-/t10-,11-,14-,15-/m0/s1. The summed E-state index contributed by atoms with van der Waals surface area (Å²) >= 11 is 3.24. The summed E-state index contributed by atoms with van der Waals surface area (Å²) in [7, 11) is 1.45. The highest BCUT2D eigenvalue weighted by Gasteiger charge is 2.56. The molecule has 2 fully saturated rings. The SMILES string of the molecule is COc1cc(/C=N\N2C(=O)[C@@H]3[C@@H](C2=O)[C@H]2C=C[C@H]3CC2)cc(Br)c1O. The Morgan fingerprint density at radius 3 is 2.32 bits per heavy atom. The van der Waals surface area contributed by atoms with Crippen molar-refractivity contribution in [2.75, 3.05) is 7.11 Å². The number of carbonyl (C=O) groups is 2. The van der Waals surface area contributed by atoms with Crippen LogP contribution in [0.3, 0.4) is 0 Å². The van der Waals surface area contributed by atoms with Crippen LogP contribution in [-0.2, 0) is 9.59 Å². The number of ether oxygens (including phenoxy) is 1. The van der Waals surface area contributed by atoms with E-state index < -0.39 is 0 Å². The average Bonchev–Trinajstić information content (AvgIpc) is 2.90. The Bertz CT molecular complexity index is 788. The van der Waals surface area contributed by atoms with E-state index in [-0.39, 0.29) is 47.0 Å². The van der Waals surface area contributed by atoms with E-state index in [0.29, 0.717) is 10.0 Å². The number of phenolic OH excluding ortho intramolecular Hbond substituents is 1. The Kier molecular flexibility index (Phi) is 3.91. The average molecular weight is 405 g/mol. The fourth-order valence-electron chi connectivity index (χ4n) is 4.12. The van der Waals surface area contributed by atoms with Gasteiger partial charge in [-0.1, -0.05) is 12.2 Å². The molecule has 0 spiro atoms. The molecule has 4 atom stereocenters. The Hall–Kier alpha value is -2.15. The van der Waals surface area contributed by atoms with E-state index in [1.807, 2.05) is 0 Å². The van der Waals surface area contributed by atoms with Crippen molar-refractivity contribution in [3.63, 3.8) is 0 Å². The minimum absolute atomic E-state index is 0.0124. The van der Waals surface area contributed by atoms with Gasteiger partial charge in [-0.25, -0.2) is 0 Å². The first-order chi connectivity index (χ1) is 12.0. The van der Waals surface area contributed by atoms with Crippen LogP contribution in [0.15, 0.2) is 33.9 Å². The van der Waals surface area contributed by atoms with Crippen molar-refractivity contribution in [3.05, 3.63) is 34.3 Å². The second-order valence-corrected chi connectivity index (χ2v) is 7.48. The van der Waals surface area contributed by atoms with E-state index in [9.17, 15) is 14.7 Å². The van der Waals surface area contributed by atoms with Crippen molar-refractivity contribution < 1.29 is 19.4 Å². The van der Waals surface area contributed by atoms with Gasteiger partial charge in [-0.05, 0) is 58.3 Å². The predicted molar refractivity (Wildman–Crippen MR) is 94.1 cm³/mol. The van der Waals surface area contributed by atoms with Crippen molar-refractivity contribution >= 4 is 34.0 Å². The molecule has 1 aromatic rings. The van der Waals surface area contributed by atoms with E-state index in [1.165, 1.54) is 13.3 Å². The first-order valence-corrected chi connectivity index (χ1v) is 8.97. The van der Waals surface area contributed by atoms with Gasteiger partial charge in [0.25, 0.3) is 11.8 Å². The van der Waals surface area contributed by atoms with Gasteiger partial charge in [0.05, 0.1) is 29.6 Å². The molecule has 25 heavy (non-hydrogen) atoms. The van der Waals surface area contributed by atoms with Gasteiger partial charge in [0, 0.05) is 0 Å². The Morgan fingerprint density at radius 1 is 1.20 bits per heavy atom. The van der Waals surface area contributed by atoms with Crippen LogP contribution in [0.5, 0.6) is 11.5 Å². The van der Waals surface area contributed by atoms with Crippen LogP contribution in [-0.4, -0.2) is 35.3 Å². The number of allylic oxidation sites excluding steroid dienone is 2. The van der Waals surface area contributed by atoms with E-state index >= 15 is 0 Å². The quantitative estimate of drug-likeness (QED) is 0.477. The summed E-state index contributed by atoms with van der Waals surface area (Å²) in [6.45, 7) is 0. The molecule has 2 bridgehead atoms. The number of halogens is 1. The zero-order chi connectivity index (χ0) is 17.7. The summed E-state index contributed by atoms with van der Waals surface area (Å²) in [6, 6.07) is 3.23. The van der Waals surface area contributed by atoms with E-state index in [2.05, 4.69) is 33.2 Å². The lowest BCUT2D eigenvalue weighted by atomic mass is 9.63. The summed E-state index contributed by atoms with van der Waals surface area (Å²) < 4.78 is 5.54. The fourth-order valence-corrected chi connectivity index (χ4v) is 4.58. The zero-order valence-corrected chi connectivity index (χ0v) is 15.1. The van der Waals surface area contributed by atoms with Crippen LogP contribution in [0.1, 0.15) is 18.4 Å². The molecule has 0 unspecified atom stereocenters. The molecular weight excluding hydrogens is 388 g/mol. The van der Waals surface area contributed by atoms with Crippen molar-refractivity contribution in [2.24, 2.45) is 28.8 Å². The molecule has 6 nitrogen and oxygen atoms in total. The third-order valence-electron chi connectivity index (χ3n) is 5.33. The molecule has 0 aromatic heterocycles. The van der Waals surface area contributed by atoms with Crippen molar-refractivity contribution in [2.45, 2.75) is 12.8 Å². The van der Waals surface area contributed by atoms with E-state index in [1.54, 1.807) is 12.1 Å². The van der Waals surface area contributed by atoms with Gasteiger partial charge in [0.2, 0.25) is 0 Å². The highest BCUT2D eigenvalue weighted by Crippen LogP contribution is 2.49. The number of nitrogens with zero attached hydrogens (tertiary/aromatic N) is 2. The van der Waals surface area contributed by atoms with Crippen LogP contribution in [0.4, 0.5) is 0 Å². The minimum Gasteiger partial charge on any atom is -0.503 e. The number of rotatable bonds is 3. The maximum absolute atomic E-state index is 12.7. The summed E-state index contributed by atoms with van der Waals surface area (Å²) in [6.07, 6.45) is 7.52. The van der Waals surface area contributed by atoms with Gasteiger partial charge in [-0.2, -0.15) is 10.1 Å². The number of hydrogen-bond acceptors (Lipinski definition) is 5. The monoisotopic (exact) mass is 404 g/mol. The number of benzene rings is 1. The number of fused-ring (bicyclic) bond motifs is 1. The number of amides is 2. The smallest absolute Gasteiger partial charge is 0.254 e. The Balaban J connectivity index is 1.62. The molecular formula is C18H17BrN2O4. The highest BCUT2D eigenvalue weighted by atomic mass is 79.9. The molecule has 1 saturated heterocycles. The number of hydrazone groups is 1. The number of aromatic hydroxyl groups is 1. The second-order valence-electron chi connectivity index (χ2n) is 6.63. The van der Waals surface area contributed by atoms with Crippen LogP contribution in [0.25, 0.3) is 0 Å². The summed E-state index contributed by atoms with van der Waals surface area (Å²) in [5.74, 6) is -0.397. The van der Waals surface area contributed by atoms with Gasteiger partial charge in [0.1, 0.15) is 0 Å². The molecule has 0 radical (unpaired) electrons. The summed E-state index contributed by atoms with van der Waals surface area (Å²) in [5, 5.41) is 15.0. The molecule has 1 saturated carbocycles. The summed E-state index contributed by atoms with van der Waals surface area (Å²) in [4.78, 5) is 25.4. The molecule has 1 heterocycles. The lowest BCUT2D eigenvalue weighted by molar-refractivity contribution is -0.140. The number of hydrogen-bond donors (Lipinski definition) is 1. The van der Waals surface area contributed by atoms with E-state index in [4.69, 9.17) is 4.74 Å². The van der Waals surface area contributed by atoms with Crippen LogP contribution < -0.4 is 4.74 Å². The van der Waals surface area contributed by atoms with Gasteiger partial charge in [-0.15, -0.1) is 0 Å². The number of imide groups is 1. The largest absolute Gasteiger partial charge is 0.503 e. The molecule has 4 aliphatic rings. The van der Waals surface area contributed by atoms with Crippen LogP contribution >= 0.6 is 15.9 Å². The number of carbonyl (C=O) groups excluding carboxylic acids is 2. The lowest BCUT2D eigenvalue weighted by Crippen LogP contribution is -2.38. The molecule has 130 valence electrons. The Labute approximate surface area is 153 Å². The van der Waals surface area contributed by atoms with Gasteiger partial charge >= 0.3 is 0 Å². The number of methoxy groups -OCH3 is 1.